The van der Waals surface area contributed by atoms with Crippen molar-refractivity contribution < 1.29 is 0 Å². The number of aryl methyl sites for hydroxylation is 1. The molecule has 0 N–H and O–H groups in total. The zero-order valence-corrected chi connectivity index (χ0v) is 13.2. The van der Waals surface area contributed by atoms with Gasteiger partial charge in [0, 0.05) is 35.5 Å². The van der Waals surface area contributed by atoms with Crippen molar-refractivity contribution in [2.24, 2.45) is 7.05 Å². The minimum Gasteiger partial charge on any atom is -0.275 e. The van der Waals surface area contributed by atoms with E-state index in [0.717, 1.165) is 5.56 Å². The fraction of sp³-hybridized carbons (Fsp3) is 0.0714. The van der Waals surface area contributed by atoms with Gasteiger partial charge < -0.3 is 0 Å². The first-order chi connectivity index (χ1) is 10.0. The van der Waals surface area contributed by atoms with Gasteiger partial charge in [0.05, 0.1) is 16.9 Å². The number of halogens is 3. The summed E-state index contributed by atoms with van der Waals surface area (Å²) in [7, 11) is 1.84. The Bertz CT molecular complexity index is 814. The van der Waals surface area contributed by atoms with Gasteiger partial charge in [0.1, 0.15) is 5.15 Å². The Morgan fingerprint density at radius 2 is 1.86 bits per heavy atom. The predicted octanol–water partition coefficient (Wildman–Crippen LogP) is 4.50. The molecule has 0 fully saturated rings. The molecular formula is C14H9Cl3N4. The normalized spacial score (nSPS) is 10.9. The molecule has 3 rings (SSSR count). The summed E-state index contributed by atoms with van der Waals surface area (Å²) >= 11 is 18.2. The summed E-state index contributed by atoms with van der Waals surface area (Å²) in [6, 6.07) is 6.83. The van der Waals surface area contributed by atoms with Crippen molar-refractivity contribution in [1.29, 1.82) is 0 Å². The average molecular weight is 340 g/mol. The van der Waals surface area contributed by atoms with Gasteiger partial charge in [-0.3, -0.25) is 4.68 Å². The third-order valence-electron chi connectivity index (χ3n) is 2.87. The average Bonchev–Trinajstić information content (AvgIpc) is 2.84. The Hall–Kier alpha value is -1.62. The van der Waals surface area contributed by atoms with Gasteiger partial charge in [-0.2, -0.15) is 5.10 Å². The molecule has 0 bridgehead atoms. The highest BCUT2D eigenvalue weighted by Crippen LogP contribution is 2.30. The van der Waals surface area contributed by atoms with Crippen LogP contribution in [-0.2, 0) is 7.05 Å². The molecule has 0 saturated heterocycles. The standard InChI is InChI=1S/C14H9Cl3N4/c1-21-7-8(6-18-21)12-5-13(17)20-14(19-12)10-3-2-9(15)4-11(10)16/h2-7H,1H3. The summed E-state index contributed by atoms with van der Waals surface area (Å²) in [5.74, 6) is 0.447. The lowest BCUT2D eigenvalue weighted by molar-refractivity contribution is 0.768. The van der Waals surface area contributed by atoms with Crippen LogP contribution in [0.4, 0.5) is 0 Å². The van der Waals surface area contributed by atoms with Gasteiger partial charge in [-0.05, 0) is 18.2 Å². The molecule has 0 aliphatic heterocycles. The molecule has 7 heteroatoms. The van der Waals surface area contributed by atoms with Crippen molar-refractivity contribution in [3.8, 4) is 22.6 Å². The summed E-state index contributed by atoms with van der Waals surface area (Å²) < 4.78 is 1.69. The first-order valence-corrected chi connectivity index (χ1v) is 7.15. The molecular weight excluding hydrogens is 331 g/mol. The quantitative estimate of drug-likeness (QED) is 0.645. The molecule has 1 aromatic carbocycles. The Balaban J connectivity index is 2.13. The lowest BCUT2D eigenvalue weighted by atomic mass is 10.2. The molecule has 0 saturated carbocycles. The predicted molar refractivity (Wildman–Crippen MR) is 84.7 cm³/mol. The van der Waals surface area contributed by atoms with Crippen LogP contribution in [0, 0.1) is 0 Å². The topological polar surface area (TPSA) is 43.6 Å². The van der Waals surface area contributed by atoms with E-state index < -0.39 is 0 Å². The van der Waals surface area contributed by atoms with Gasteiger partial charge in [-0.25, -0.2) is 9.97 Å². The molecule has 0 atom stereocenters. The first-order valence-electron chi connectivity index (χ1n) is 6.02. The van der Waals surface area contributed by atoms with E-state index in [-0.39, 0.29) is 0 Å². The lowest BCUT2D eigenvalue weighted by Gasteiger charge is -2.06. The Morgan fingerprint density at radius 1 is 1.05 bits per heavy atom. The monoisotopic (exact) mass is 338 g/mol. The molecule has 106 valence electrons. The van der Waals surface area contributed by atoms with Crippen LogP contribution in [0.5, 0.6) is 0 Å². The van der Waals surface area contributed by atoms with E-state index in [4.69, 9.17) is 34.8 Å². The van der Waals surface area contributed by atoms with Crippen LogP contribution >= 0.6 is 34.8 Å². The van der Waals surface area contributed by atoms with Crippen LogP contribution in [-0.4, -0.2) is 19.7 Å². The molecule has 4 nitrogen and oxygen atoms in total. The van der Waals surface area contributed by atoms with Crippen LogP contribution in [0.25, 0.3) is 22.6 Å². The van der Waals surface area contributed by atoms with E-state index >= 15 is 0 Å². The van der Waals surface area contributed by atoms with Gasteiger partial charge in [0.2, 0.25) is 0 Å². The molecule has 0 radical (unpaired) electrons. The molecule has 0 spiro atoms. The van der Waals surface area contributed by atoms with Crippen LogP contribution < -0.4 is 0 Å². The maximum atomic E-state index is 6.19. The van der Waals surface area contributed by atoms with Gasteiger partial charge in [-0.1, -0.05) is 34.8 Å². The summed E-state index contributed by atoms with van der Waals surface area (Å²) in [5, 5.41) is 5.49. The molecule has 0 amide bonds. The number of nitrogens with zero attached hydrogens (tertiary/aromatic N) is 4. The molecule has 3 aromatic rings. The second-order valence-electron chi connectivity index (χ2n) is 4.43. The number of aromatic nitrogens is 4. The SMILES string of the molecule is Cn1cc(-c2cc(Cl)nc(-c3ccc(Cl)cc3Cl)n2)cn1. The zero-order chi connectivity index (χ0) is 15.0. The molecule has 21 heavy (non-hydrogen) atoms. The molecule has 2 heterocycles. The highest BCUT2D eigenvalue weighted by Gasteiger charge is 2.12. The van der Waals surface area contributed by atoms with Crippen molar-refractivity contribution in [1.82, 2.24) is 19.7 Å². The Labute approximate surface area is 136 Å². The highest BCUT2D eigenvalue weighted by molar-refractivity contribution is 6.36. The lowest BCUT2D eigenvalue weighted by Crippen LogP contribution is -1.93. The largest absolute Gasteiger partial charge is 0.275 e. The summed E-state index contributed by atoms with van der Waals surface area (Å²) in [5.41, 5.74) is 2.21. The molecule has 0 unspecified atom stereocenters. The Morgan fingerprint density at radius 3 is 2.52 bits per heavy atom. The number of benzene rings is 1. The molecule has 2 aromatic heterocycles. The van der Waals surface area contributed by atoms with Crippen LogP contribution in [0.1, 0.15) is 0 Å². The second-order valence-corrected chi connectivity index (χ2v) is 5.66. The first kappa shape index (κ1) is 14.3. The third kappa shape index (κ3) is 3.02. The van der Waals surface area contributed by atoms with Crippen molar-refractivity contribution in [3.63, 3.8) is 0 Å². The summed E-state index contributed by atoms with van der Waals surface area (Å²) in [6.45, 7) is 0. The van der Waals surface area contributed by atoms with Crippen LogP contribution in [0.2, 0.25) is 15.2 Å². The van der Waals surface area contributed by atoms with E-state index in [2.05, 4.69) is 15.1 Å². The molecule has 0 aliphatic carbocycles. The summed E-state index contributed by atoms with van der Waals surface area (Å²) in [6.07, 6.45) is 3.57. The van der Waals surface area contributed by atoms with Crippen molar-refractivity contribution in [2.45, 2.75) is 0 Å². The van der Waals surface area contributed by atoms with E-state index in [1.807, 2.05) is 13.2 Å². The number of hydrogen-bond donors (Lipinski definition) is 0. The smallest absolute Gasteiger partial charge is 0.162 e. The van der Waals surface area contributed by atoms with Crippen molar-refractivity contribution in [2.75, 3.05) is 0 Å². The minimum atomic E-state index is 0.338. The van der Waals surface area contributed by atoms with Crippen molar-refractivity contribution >= 4 is 34.8 Å². The third-order valence-corrected chi connectivity index (χ3v) is 3.61. The van der Waals surface area contributed by atoms with E-state index in [0.29, 0.717) is 32.3 Å². The number of rotatable bonds is 2. The van der Waals surface area contributed by atoms with Gasteiger partial charge in [-0.15, -0.1) is 0 Å². The van der Waals surface area contributed by atoms with Gasteiger partial charge >= 0.3 is 0 Å². The Kier molecular flexibility index (Phi) is 3.85. The van der Waals surface area contributed by atoms with Gasteiger partial charge in [0.15, 0.2) is 5.82 Å². The van der Waals surface area contributed by atoms with Crippen LogP contribution in [0.3, 0.4) is 0 Å². The van der Waals surface area contributed by atoms with Crippen molar-refractivity contribution in [3.05, 3.63) is 51.9 Å². The minimum absolute atomic E-state index is 0.338. The van der Waals surface area contributed by atoms with Crippen LogP contribution in [0.15, 0.2) is 36.7 Å². The number of hydrogen-bond acceptors (Lipinski definition) is 3. The fourth-order valence-corrected chi connectivity index (χ4v) is 2.59. The maximum absolute atomic E-state index is 6.19. The van der Waals surface area contributed by atoms with E-state index in [9.17, 15) is 0 Å². The summed E-state index contributed by atoms with van der Waals surface area (Å²) in [4.78, 5) is 8.73. The van der Waals surface area contributed by atoms with Gasteiger partial charge in [0.25, 0.3) is 0 Å². The second kappa shape index (κ2) is 5.64. The van der Waals surface area contributed by atoms with E-state index in [1.54, 1.807) is 35.1 Å². The zero-order valence-electron chi connectivity index (χ0n) is 10.9. The molecule has 0 aliphatic rings. The van der Waals surface area contributed by atoms with E-state index in [1.165, 1.54) is 0 Å². The maximum Gasteiger partial charge on any atom is 0.162 e. The fourth-order valence-electron chi connectivity index (χ4n) is 1.91. The highest BCUT2D eigenvalue weighted by atomic mass is 35.5.